The van der Waals surface area contributed by atoms with Gasteiger partial charge in [-0.15, -0.1) is 0 Å². The first-order valence-corrected chi connectivity index (χ1v) is 10.6. The lowest BCUT2D eigenvalue weighted by Gasteiger charge is -2.20. The molecule has 0 aliphatic rings. The van der Waals surface area contributed by atoms with Crippen LogP contribution in [0, 0.1) is 20.8 Å². The van der Waals surface area contributed by atoms with Crippen molar-refractivity contribution in [3.8, 4) is 39.5 Å². The van der Waals surface area contributed by atoms with Gasteiger partial charge < -0.3 is 15.3 Å². The molecule has 0 saturated heterocycles. The van der Waals surface area contributed by atoms with Gasteiger partial charge in [-0.3, -0.25) is 0 Å². The molecule has 0 unspecified atom stereocenters. The molecule has 0 heterocycles. The number of fused-ring (bicyclic) bond motifs is 2. The molecule has 32 heavy (non-hydrogen) atoms. The van der Waals surface area contributed by atoms with E-state index in [1.54, 1.807) is 18.2 Å². The van der Waals surface area contributed by atoms with Gasteiger partial charge in [0.05, 0.1) is 0 Å². The minimum absolute atomic E-state index is 0.0546. The molecule has 0 fully saturated rings. The molecule has 3 N–H and O–H groups in total. The Kier molecular flexibility index (Phi) is 4.56. The van der Waals surface area contributed by atoms with Gasteiger partial charge in [-0.05, 0) is 66.1 Å². The highest BCUT2D eigenvalue weighted by Crippen LogP contribution is 2.50. The molecule has 5 aromatic carbocycles. The highest BCUT2D eigenvalue weighted by molar-refractivity contribution is 6.10. The van der Waals surface area contributed by atoms with E-state index >= 15 is 0 Å². The molecule has 0 bridgehead atoms. The number of phenolic OH excluding ortho intramolecular Hbond substituents is 3. The summed E-state index contributed by atoms with van der Waals surface area (Å²) in [7, 11) is 0. The largest absolute Gasteiger partial charge is 0.507 e. The van der Waals surface area contributed by atoms with E-state index < -0.39 is 0 Å². The summed E-state index contributed by atoms with van der Waals surface area (Å²) < 4.78 is 0. The van der Waals surface area contributed by atoms with Gasteiger partial charge in [0, 0.05) is 22.3 Å². The topological polar surface area (TPSA) is 60.7 Å². The quantitative estimate of drug-likeness (QED) is 0.279. The van der Waals surface area contributed by atoms with Crippen LogP contribution in [0.4, 0.5) is 0 Å². The van der Waals surface area contributed by atoms with E-state index in [-0.39, 0.29) is 17.2 Å². The first kappa shape index (κ1) is 20.0. The third kappa shape index (κ3) is 3.05. The number of aromatic hydroxyl groups is 3. The maximum atomic E-state index is 11.1. The molecule has 0 aliphatic heterocycles. The molecule has 158 valence electrons. The average Bonchev–Trinajstić information content (AvgIpc) is 2.76. The van der Waals surface area contributed by atoms with Crippen LogP contribution in [0.5, 0.6) is 17.2 Å². The Bertz CT molecular complexity index is 1400. The highest BCUT2D eigenvalue weighted by atomic mass is 16.3. The van der Waals surface area contributed by atoms with Gasteiger partial charge in [0.25, 0.3) is 0 Å². The van der Waals surface area contributed by atoms with E-state index in [2.05, 4.69) is 0 Å². The van der Waals surface area contributed by atoms with Crippen molar-refractivity contribution in [1.29, 1.82) is 0 Å². The number of phenols is 3. The monoisotopic (exact) mass is 420 g/mol. The summed E-state index contributed by atoms with van der Waals surface area (Å²) in [6.07, 6.45) is 0. The summed E-state index contributed by atoms with van der Waals surface area (Å²) in [4.78, 5) is 0. The second-order valence-corrected chi connectivity index (χ2v) is 8.52. The Labute approximate surface area is 186 Å². The number of hydrogen-bond donors (Lipinski definition) is 3. The third-order valence-corrected chi connectivity index (χ3v) is 6.20. The van der Waals surface area contributed by atoms with Crippen LogP contribution < -0.4 is 0 Å². The Balaban J connectivity index is 1.99. The molecule has 0 aliphatic carbocycles. The van der Waals surface area contributed by atoms with E-state index in [1.165, 1.54) is 0 Å². The van der Waals surface area contributed by atoms with E-state index in [4.69, 9.17) is 0 Å². The van der Waals surface area contributed by atoms with Gasteiger partial charge in [0.1, 0.15) is 17.2 Å². The van der Waals surface area contributed by atoms with Crippen molar-refractivity contribution < 1.29 is 15.3 Å². The third-order valence-electron chi connectivity index (χ3n) is 6.20. The summed E-state index contributed by atoms with van der Waals surface area (Å²) >= 11 is 0. The molecule has 0 radical (unpaired) electrons. The lowest BCUT2D eigenvalue weighted by molar-refractivity contribution is 0.469. The zero-order chi connectivity index (χ0) is 22.6. The first-order chi connectivity index (χ1) is 15.3. The van der Waals surface area contributed by atoms with E-state index in [0.29, 0.717) is 22.3 Å². The summed E-state index contributed by atoms with van der Waals surface area (Å²) in [6, 6.07) is 22.8. The normalized spacial score (nSPS) is 11.3. The molecule has 3 heteroatoms. The Hall–Kier alpha value is -3.98. The van der Waals surface area contributed by atoms with Crippen LogP contribution in [-0.4, -0.2) is 15.3 Å². The minimum Gasteiger partial charge on any atom is -0.507 e. The zero-order valence-corrected chi connectivity index (χ0v) is 18.3. The molecule has 0 aromatic heterocycles. The number of hydrogen-bond acceptors (Lipinski definition) is 3. The van der Waals surface area contributed by atoms with Gasteiger partial charge >= 0.3 is 0 Å². The molecule has 0 spiro atoms. The molecule has 3 nitrogen and oxygen atoms in total. The molecule has 0 amide bonds. The van der Waals surface area contributed by atoms with E-state index in [9.17, 15) is 15.3 Å². The van der Waals surface area contributed by atoms with Crippen LogP contribution >= 0.6 is 0 Å². The lowest BCUT2D eigenvalue weighted by atomic mass is 9.85. The van der Waals surface area contributed by atoms with Gasteiger partial charge in [-0.25, -0.2) is 0 Å². The fraction of sp³-hybridized carbons (Fsp3) is 0.103. The van der Waals surface area contributed by atoms with Crippen LogP contribution in [0.25, 0.3) is 43.8 Å². The van der Waals surface area contributed by atoms with Crippen LogP contribution in [-0.2, 0) is 0 Å². The maximum absolute atomic E-state index is 11.1. The standard InChI is InChI=1S/C29H24O3/c1-16-4-7-19-9-12-23(30)27(21(19)14-16)26-18(3)6-11-25(32)29(26)28-22-15-17(2)5-8-20(22)10-13-24(28)31/h4-15,30-32H,1-3H3. The summed E-state index contributed by atoms with van der Waals surface area (Å²) in [6.45, 7) is 5.98. The minimum atomic E-state index is 0.0546. The maximum Gasteiger partial charge on any atom is 0.124 e. The second kappa shape index (κ2) is 7.31. The van der Waals surface area contributed by atoms with Gasteiger partial charge in [0.15, 0.2) is 0 Å². The van der Waals surface area contributed by atoms with Crippen molar-refractivity contribution in [3.63, 3.8) is 0 Å². The number of rotatable bonds is 2. The highest BCUT2D eigenvalue weighted by Gasteiger charge is 2.23. The lowest BCUT2D eigenvalue weighted by Crippen LogP contribution is -1.94. The van der Waals surface area contributed by atoms with Gasteiger partial charge in [-0.1, -0.05) is 65.7 Å². The van der Waals surface area contributed by atoms with Crippen LogP contribution in [0.1, 0.15) is 16.7 Å². The van der Waals surface area contributed by atoms with E-state index in [0.717, 1.165) is 38.2 Å². The molecule has 5 rings (SSSR count). The van der Waals surface area contributed by atoms with Crippen molar-refractivity contribution in [1.82, 2.24) is 0 Å². The van der Waals surface area contributed by atoms with Crippen LogP contribution in [0.2, 0.25) is 0 Å². The molecule has 5 aromatic rings. The first-order valence-electron chi connectivity index (χ1n) is 10.6. The fourth-order valence-corrected chi connectivity index (χ4v) is 4.64. The molecule has 0 saturated carbocycles. The summed E-state index contributed by atoms with van der Waals surface area (Å²) in [5.41, 5.74) is 5.47. The summed E-state index contributed by atoms with van der Waals surface area (Å²) in [5.74, 6) is 0.272. The Morgan fingerprint density at radius 3 is 1.38 bits per heavy atom. The Morgan fingerprint density at radius 2 is 0.844 bits per heavy atom. The molecular weight excluding hydrogens is 396 g/mol. The van der Waals surface area contributed by atoms with Crippen LogP contribution in [0.3, 0.4) is 0 Å². The molecule has 0 atom stereocenters. The van der Waals surface area contributed by atoms with Gasteiger partial charge in [0.2, 0.25) is 0 Å². The smallest absolute Gasteiger partial charge is 0.124 e. The Morgan fingerprint density at radius 1 is 0.438 bits per heavy atom. The van der Waals surface area contributed by atoms with Crippen molar-refractivity contribution in [3.05, 3.63) is 89.5 Å². The zero-order valence-electron chi connectivity index (χ0n) is 18.3. The van der Waals surface area contributed by atoms with Gasteiger partial charge in [-0.2, -0.15) is 0 Å². The van der Waals surface area contributed by atoms with E-state index in [1.807, 2.05) is 75.4 Å². The van der Waals surface area contributed by atoms with Crippen molar-refractivity contribution >= 4 is 21.5 Å². The fourth-order valence-electron chi connectivity index (χ4n) is 4.64. The second-order valence-electron chi connectivity index (χ2n) is 8.52. The average molecular weight is 421 g/mol. The molecular formula is C29H24O3. The SMILES string of the molecule is Cc1ccc2ccc(O)c(-c3c(C)ccc(O)c3-c3c(O)ccc4ccc(C)cc34)c2c1. The van der Waals surface area contributed by atoms with Crippen molar-refractivity contribution in [2.24, 2.45) is 0 Å². The number of aryl methyl sites for hydroxylation is 3. The predicted octanol–water partition coefficient (Wildman–Crippen LogP) is 7.37. The van der Waals surface area contributed by atoms with Crippen molar-refractivity contribution in [2.45, 2.75) is 20.8 Å². The summed E-state index contributed by atoms with van der Waals surface area (Å²) in [5, 5.41) is 36.8. The predicted molar refractivity (Wildman–Crippen MR) is 132 cm³/mol. The van der Waals surface area contributed by atoms with Crippen LogP contribution in [0.15, 0.2) is 72.8 Å². The number of benzene rings is 5. The van der Waals surface area contributed by atoms with Crippen molar-refractivity contribution in [2.75, 3.05) is 0 Å².